The van der Waals surface area contributed by atoms with Gasteiger partial charge in [-0.15, -0.1) is 0 Å². The number of rotatable bonds is 7. The van der Waals surface area contributed by atoms with Crippen molar-refractivity contribution in [2.24, 2.45) is 0 Å². The molecule has 6 nitrogen and oxygen atoms in total. The molecule has 0 fully saturated rings. The highest BCUT2D eigenvalue weighted by Crippen LogP contribution is 2.32. The van der Waals surface area contributed by atoms with Gasteiger partial charge in [0, 0.05) is 10.6 Å². The minimum atomic E-state index is -0.958. The van der Waals surface area contributed by atoms with Crippen molar-refractivity contribution in [1.29, 1.82) is 0 Å². The smallest absolute Gasteiger partial charge is 0.265 e. The molecule has 1 unspecified atom stereocenters. The summed E-state index contributed by atoms with van der Waals surface area (Å²) >= 11 is 6.07. The highest BCUT2D eigenvalue weighted by atomic mass is 35.5. The molecule has 0 bridgehead atoms. The predicted molar refractivity (Wildman–Crippen MR) is 129 cm³/mol. The summed E-state index contributed by atoms with van der Waals surface area (Å²) in [4.78, 5) is 26.4. The number of benzene rings is 3. The van der Waals surface area contributed by atoms with E-state index in [1.54, 1.807) is 49.4 Å². The number of para-hydroxylation sites is 1. The summed E-state index contributed by atoms with van der Waals surface area (Å²) in [5, 5.41) is 3.60. The van der Waals surface area contributed by atoms with E-state index in [2.05, 4.69) is 5.32 Å². The molecule has 1 heterocycles. The minimum absolute atomic E-state index is 0.0139. The lowest BCUT2D eigenvalue weighted by atomic mass is 10.1. The summed E-state index contributed by atoms with van der Waals surface area (Å²) in [7, 11) is 1.50. The normalized spacial score (nSPS) is 11.7. The molecule has 4 aromatic rings. The highest BCUT2D eigenvalue weighted by molar-refractivity contribution is 6.31. The Balaban J connectivity index is 1.74. The fraction of sp³-hybridized carbons (Fsp3) is 0.154. The van der Waals surface area contributed by atoms with Crippen LogP contribution in [0.2, 0.25) is 5.02 Å². The summed E-state index contributed by atoms with van der Waals surface area (Å²) in [5.41, 5.74) is 1.17. The molecule has 0 radical (unpaired) electrons. The quantitative estimate of drug-likeness (QED) is 0.368. The van der Waals surface area contributed by atoms with Crippen molar-refractivity contribution in [2.75, 3.05) is 12.4 Å². The van der Waals surface area contributed by atoms with Gasteiger partial charge >= 0.3 is 0 Å². The van der Waals surface area contributed by atoms with Crippen LogP contribution in [0.3, 0.4) is 0 Å². The Labute approximate surface area is 195 Å². The summed E-state index contributed by atoms with van der Waals surface area (Å²) in [6.45, 7) is 1.80. The van der Waals surface area contributed by atoms with E-state index < -0.39 is 12.0 Å². The Morgan fingerprint density at radius 1 is 1.06 bits per heavy atom. The van der Waals surface area contributed by atoms with Crippen LogP contribution in [-0.4, -0.2) is 19.1 Å². The lowest BCUT2D eigenvalue weighted by molar-refractivity contribution is -0.122. The molecule has 0 saturated carbocycles. The number of halogens is 1. The molecule has 4 rings (SSSR count). The molecular weight excluding hydrogens is 442 g/mol. The van der Waals surface area contributed by atoms with Crippen molar-refractivity contribution in [3.63, 3.8) is 0 Å². The van der Waals surface area contributed by atoms with Crippen molar-refractivity contribution < 1.29 is 18.7 Å². The third kappa shape index (κ3) is 4.71. The number of carbonyl (C=O) groups is 1. The predicted octanol–water partition coefficient (Wildman–Crippen LogP) is 5.92. The molecule has 7 heteroatoms. The molecule has 1 amide bonds. The maximum Gasteiger partial charge on any atom is 0.265 e. The molecule has 0 saturated heterocycles. The standard InChI is InChI=1S/C26H22ClNO5/c1-3-20(26(30)28-19-15-17(27)13-14-22(19)31-2)32-25-23(29)18-11-7-8-12-21(18)33-24(25)16-9-5-4-6-10-16/h4-15,20H,3H2,1-2H3,(H,28,30). The number of hydrogen-bond donors (Lipinski definition) is 1. The number of anilines is 1. The van der Waals surface area contributed by atoms with E-state index in [9.17, 15) is 9.59 Å². The summed E-state index contributed by atoms with van der Waals surface area (Å²) in [6.07, 6.45) is -0.643. The average molecular weight is 464 g/mol. The molecule has 1 aromatic heterocycles. The zero-order chi connectivity index (χ0) is 23.4. The lowest BCUT2D eigenvalue weighted by Crippen LogP contribution is -2.34. The molecule has 0 aliphatic carbocycles. The van der Waals surface area contributed by atoms with Gasteiger partial charge in [0.25, 0.3) is 5.91 Å². The Morgan fingerprint density at radius 2 is 1.79 bits per heavy atom. The van der Waals surface area contributed by atoms with E-state index >= 15 is 0 Å². The SMILES string of the molecule is CCC(Oc1c(-c2ccccc2)oc2ccccc2c1=O)C(=O)Nc1cc(Cl)ccc1OC. The molecule has 168 valence electrons. The maximum absolute atomic E-state index is 13.3. The largest absolute Gasteiger partial charge is 0.495 e. The third-order valence-electron chi connectivity index (χ3n) is 5.13. The topological polar surface area (TPSA) is 77.8 Å². The van der Waals surface area contributed by atoms with Gasteiger partial charge in [-0.2, -0.15) is 0 Å². The van der Waals surface area contributed by atoms with E-state index in [4.69, 9.17) is 25.5 Å². The van der Waals surface area contributed by atoms with E-state index in [0.717, 1.165) is 0 Å². The molecule has 0 aliphatic heterocycles. The summed E-state index contributed by atoms with van der Waals surface area (Å²) < 4.78 is 17.4. The number of carbonyl (C=O) groups excluding carboxylic acids is 1. The van der Waals surface area contributed by atoms with Crippen molar-refractivity contribution in [1.82, 2.24) is 0 Å². The number of hydrogen-bond acceptors (Lipinski definition) is 5. The number of methoxy groups -OCH3 is 1. The second-order valence-electron chi connectivity index (χ2n) is 7.30. The van der Waals surface area contributed by atoms with E-state index in [0.29, 0.717) is 39.4 Å². The van der Waals surface area contributed by atoms with Crippen LogP contribution in [0.15, 0.2) is 82.0 Å². The number of ether oxygens (including phenoxy) is 2. The monoisotopic (exact) mass is 463 g/mol. The highest BCUT2D eigenvalue weighted by Gasteiger charge is 2.25. The molecule has 1 atom stereocenters. The van der Waals surface area contributed by atoms with Crippen LogP contribution in [0, 0.1) is 0 Å². The van der Waals surface area contributed by atoms with Crippen LogP contribution in [0.1, 0.15) is 13.3 Å². The average Bonchev–Trinajstić information content (AvgIpc) is 2.84. The number of nitrogens with one attached hydrogen (secondary N) is 1. The van der Waals surface area contributed by atoms with Crippen LogP contribution >= 0.6 is 11.6 Å². The zero-order valence-electron chi connectivity index (χ0n) is 18.1. The third-order valence-corrected chi connectivity index (χ3v) is 5.37. The Bertz CT molecular complexity index is 1350. The summed E-state index contributed by atoms with van der Waals surface area (Å²) in [6, 6.07) is 21.0. The molecule has 1 N–H and O–H groups in total. The van der Waals surface area contributed by atoms with Crippen LogP contribution < -0.4 is 20.2 Å². The minimum Gasteiger partial charge on any atom is -0.495 e. The van der Waals surface area contributed by atoms with Gasteiger partial charge in [0.2, 0.25) is 11.2 Å². The van der Waals surface area contributed by atoms with Crippen LogP contribution in [-0.2, 0) is 4.79 Å². The van der Waals surface area contributed by atoms with Crippen LogP contribution in [0.25, 0.3) is 22.3 Å². The van der Waals surface area contributed by atoms with Gasteiger partial charge in [-0.3, -0.25) is 9.59 Å². The number of fused-ring (bicyclic) bond motifs is 1. The zero-order valence-corrected chi connectivity index (χ0v) is 18.9. The van der Waals surface area contributed by atoms with Gasteiger partial charge < -0.3 is 19.2 Å². The second-order valence-corrected chi connectivity index (χ2v) is 7.74. The van der Waals surface area contributed by atoms with E-state index in [1.165, 1.54) is 7.11 Å². The molecule has 3 aromatic carbocycles. The van der Waals surface area contributed by atoms with Gasteiger partial charge in [0.1, 0.15) is 11.3 Å². The van der Waals surface area contributed by atoms with Gasteiger partial charge in [0.15, 0.2) is 11.9 Å². The van der Waals surface area contributed by atoms with Gasteiger partial charge in [0.05, 0.1) is 18.2 Å². The van der Waals surface area contributed by atoms with Crippen LogP contribution in [0.4, 0.5) is 5.69 Å². The first-order valence-electron chi connectivity index (χ1n) is 10.4. The first-order chi connectivity index (χ1) is 16.0. The van der Waals surface area contributed by atoms with Crippen molar-refractivity contribution in [2.45, 2.75) is 19.4 Å². The molecular formula is C26H22ClNO5. The number of amides is 1. The molecule has 0 spiro atoms. The van der Waals surface area contributed by atoms with Gasteiger partial charge in [-0.25, -0.2) is 0 Å². The van der Waals surface area contributed by atoms with Gasteiger partial charge in [-0.05, 0) is 36.8 Å². The van der Waals surface area contributed by atoms with E-state index in [-0.39, 0.29) is 16.9 Å². The van der Waals surface area contributed by atoms with Crippen molar-refractivity contribution >= 4 is 34.2 Å². The first-order valence-corrected chi connectivity index (χ1v) is 10.8. The van der Waals surface area contributed by atoms with E-state index in [1.807, 2.05) is 30.3 Å². The summed E-state index contributed by atoms with van der Waals surface area (Å²) in [5.74, 6) is 0.272. The molecule has 33 heavy (non-hydrogen) atoms. The second kappa shape index (κ2) is 9.79. The maximum atomic E-state index is 13.3. The molecule has 0 aliphatic rings. The van der Waals surface area contributed by atoms with Crippen LogP contribution in [0.5, 0.6) is 11.5 Å². The fourth-order valence-electron chi connectivity index (χ4n) is 3.47. The van der Waals surface area contributed by atoms with Crippen molar-refractivity contribution in [3.05, 3.63) is 88.0 Å². The Hall–Kier alpha value is -3.77. The Kier molecular flexibility index (Phi) is 6.66. The first kappa shape index (κ1) is 22.4. The van der Waals surface area contributed by atoms with Gasteiger partial charge in [-0.1, -0.05) is 61.0 Å². The lowest BCUT2D eigenvalue weighted by Gasteiger charge is -2.19. The fourth-order valence-corrected chi connectivity index (χ4v) is 3.64. The van der Waals surface area contributed by atoms with Crippen molar-refractivity contribution in [3.8, 4) is 22.8 Å². The Morgan fingerprint density at radius 3 is 2.52 bits per heavy atom.